The summed E-state index contributed by atoms with van der Waals surface area (Å²) in [5, 5.41) is 51.2. The van der Waals surface area contributed by atoms with Crippen LogP contribution in [0.15, 0.2) is 54.6 Å². The molecule has 238 valence electrons. The van der Waals surface area contributed by atoms with Crippen molar-refractivity contribution < 1.29 is 49.3 Å². The number of amides is 1. The molecule has 1 aliphatic heterocycles. The molecule has 6 N–H and O–H groups in total. The fourth-order valence-electron chi connectivity index (χ4n) is 4.80. The number of carbonyl (C=O) groups is 2. The van der Waals surface area contributed by atoms with Gasteiger partial charge in [-0.1, -0.05) is 74.2 Å². The molecular formula is C32H45NO10. The van der Waals surface area contributed by atoms with Crippen molar-refractivity contribution in [3.05, 3.63) is 71.3 Å². The Kier molecular flexibility index (Phi) is 15.2. The fraction of sp³-hybridized carbons (Fsp3) is 0.562. The quantitative estimate of drug-likeness (QED) is 0.102. The summed E-state index contributed by atoms with van der Waals surface area (Å²) in [6, 6.07) is 16.0. The van der Waals surface area contributed by atoms with Gasteiger partial charge in [-0.25, -0.2) is 0 Å². The van der Waals surface area contributed by atoms with Crippen LogP contribution in [0.25, 0.3) is 0 Å². The Bertz CT molecular complexity index is 1100. The van der Waals surface area contributed by atoms with Crippen molar-refractivity contribution >= 4 is 11.7 Å². The van der Waals surface area contributed by atoms with E-state index in [0.717, 1.165) is 37.7 Å². The average Bonchev–Trinajstić information content (AvgIpc) is 3.03. The van der Waals surface area contributed by atoms with Crippen LogP contribution in [0.1, 0.15) is 66.4 Å². The molecule has 2 aromatic carbocycles. The first-order chi connectivity index (χ1) is 20.8. The minimum Gasteiger partial charge on any atom is -0.394 e. The number of aliphatic hydroxyl groups is 5. The van der Waals surface area contributed by atoms with Crippen molar-refractivity contribution in [3.8, 4) is 0 Å². The Morgan fingerprint density at radius 3 is 2.26 bits per heavy atom. The van der Waals surface area contributed by atoms with Crippen molar-refractivity contribution in [1.82, 2.24) is 5.32 Å². The lowest BCUT2D eigenvalue weighted by Gasteiger charge is -2.39. The molecule has 43 heavy (non-hydrogen) atoms. The zero-order valence-corrected chi connectivity index (χ0v) is 24.4. The number of benzene rings is 2. The van der Waals surface area contributed by atoms with Crippen molar-refractivity contribution in [2.75, 3.05) is 26.4 Å². The number of ketones is 1. The first kappa shape index (κ1) is 34.7. The molecule has 1 heterocycles. The highest BCUT2D eigenvalue weighted by molar-refractivity contribution is 6.09. The number of ether oxygens (including phenoxy) is 3. The van der Waals surface area contributed by atoms with Gasteiger partial charge in [0.15, 0.2) is 12.1 Å². The normalized spacial score (nSPS) is 22.7. The van der Waals surface area contributed by atoms with Crippen molar-refractivity contribution in [2.24, 2.45) is 0 Å². The molecule has 0 radical (unpaired) electrons. The van der Waals surface area contributed by atoms with Gasteiger partial charge in [-0.3, -0.25) is 9.59 Å². The molecular weight excluding hydrogens is 558 g/mol. The first-order valence-corrected chi connectivity index (χ1v) is 14.9. The summed E-state index contributed by atoms with van der Waals surface area (Å²) >= 11 is 0. The molecule has 1 aliphatic rings. The van der Waals surface area contributed by atoms with Gasteiger partial charge >= 0.3 is 0 Å². The lowest BCUT2D eigenvalue weighted by molar-refractivity contribution is -0.302. The summed E-state index contributed by atoms with van der Waals surface area (Å²) in [5.41, 5.74) is 2.27. The van der Waals surface area contributed by atoms with Gasteiger partial charge in [0.1, 0.15) is 24.4 Å². The summed E-state index contributed by atoms with van der Waals surface area (Å²) in [6.07, 6.45) is -1.18. The third kappa shape index (κ3) is 11.4. The number of aliphatic hydroxyl groups excluding tert-OH is 5. The second-order valence-corrected chi connectivity index (χ2v) is 10.8. The van der Waals surface area contributed by atoms with Crippen molar-refractivity contribution in [3.63, 3.8) is 0 Å². The van der Waals surface area contributed by atoms with Gasteiger partial charge in [-0.2, -0.15) is 0 Å². The SMILES string of the molecule is O=C(CCCCCCCCOCc1cccc(C(=O)c2ccccc2)c1)NC(CO)COC1OC(CO)C(O)C(O)C1O. The van der Waals surface area contributed by atoms with Crippen LogP contribution < -0.4 is 5.32 Å². The molecule has 1 fully saturated rings. The van der Waals surface area contributed by atoms with E-state index in [1.54, 1.807) is 0 Å². The second kappa shape index (κ2) is 18.8. The summed E-state index contributed by atoms with van der Waals surface area (Å²) in [6.45, 7) is -0.0825. The molecule has 6 unspecified atom stereocenters. The minimum atomic E-state index is -1.56. The topological polar surface area (TPSA) is 175 Å². The summed E-state index contributed by atoms with van der Waals surface area (Å²) < 4.78 is 16.5. The van der Waals surface area contributed by atoms with E-state index in [1.807, 2.05) is 54.6 Å². The predicted octanol–water partition coefficient (Wildman–Crippen LogP) is 1.46. The van der Waals surface area contributed by atoms with Crippen LogP contribution in [0.2, 0.25) is 0 Å². The Labute approximate surface area is 252 Å². The highest BCUT2D eigenvalue weighted by atomic mass is 16.7. The van der Waals surface area contributed by atoms with E-state index in [2.05, 4.69) is 5.32 Å². The van der Waals surface area contributed by atoms with Crippen molar-refractivity contribution in [2.45, 2.75) is 88.3 Å². The van der Waals surface area contributed by atoms with Gasteiger partial charge in [0, 0.05) is 24.2 Å². The smallest absolute Gasteiger partial charge is 0.220 e. The van der Waals surface area contributed by atoms with Gasteiger partial charge in [0.2, 0.25) is 5.91 Å². The maximum absolute atomic E-state index is 12.6. The van der Waals surface area contributed by atoms with Crippen LogP contribution in [0, 0.1) is 0 Å². The molecule has 11 nitrogen and oxygen atoms in total. The molecule has 3 rings (SSSR count). The minimum absolute atomic E-state index is 0.00556. The number of carbonyl (C=O) groups excluding carboxylic acids is 2. The van der Waals surface area contributed by atoms with Crippen LogP contribution in [-0.4, -0.2) is 100 Å². The van der Waals surface area contributed by atoms with Crippen LogP contribution in [0.3, 0.4) is 0 Å². The Hall–Kier alpha value is -2.74. The van der Waals surface area contributed by atoms with Gasteiger partial charge in [-0.05, 0) is 24.5 Å². The van der Waals surface area contributed by atoms with Crippen LogP contribution >= 0.6 is 0 Å². The molecule has 6 atom stereocenters. The predicted molar refractivity (Wildman–Crippen MR) is 157 cm³/mol. The van der Waals surface area contributed by atoms with Crippen LogP contribution in [0.4, 0.5) is 0 Å². The molecule has 1 saturated heterocycles. The van der Waals surface area contributed by atoms with Crippen LogP contribution in [-0.2, 0) is 25.6 Å². The van der Waals surface area contributed by atoms with Gasteiger partial charge in [0.05, 0.1) is 32.5 Å². The largest absolute Gasteiger partial charge is 0.394 e. The molecule has 0 spiro atoms. The Balaban J connectivity index is 1.21. The fourth-order valence-corrected chi connectivity index (χ4v) is 4.80. The summed E-state index contributed by atoms with van der Waals surface area (Å²) in [7, 11) is 0. The maximum Gasteiger partial charge on any atom is 0.220 e. The van der Waals surface area contributed by atoms with Crippen LogP contribution in [0.5, 0.6) is 0 Å². The van der Waals surface area contributed by atoms with E-state index in [1.165, 1.54) is 0 Å². The Morgan fingerprint density at radius 2 is 1.53 bits per heavy atom. The van der Waals surface area contributed by atoms with E-state index >= 15 is 0 Å². The van der Waals surface area contributed by atoms with E-state index in [-0.39, 0.29) is 18.3 Å². The van der Waals surface area contributed by atoms with Gasteiger partial charge in [-0.15, -0.1) is 0 Å². The van der Waals surface area contributed by atoms with E-state index in [9.17, 15) is 35.1 Å². The number of rotatable bonds is 19. The molecule has 0 saturated carbocycles. The zero-order chi connectivity index (χ0) is 31.0. The second-order valence-electron chi connectivity index (χ2n) is 10.8. The van der Waals surface area contributed by atoms with Crippen molar-refractivity contribution in [1.29, 1.82) is 0 Å². The molecule has 0 aliphatic carbocycles. The zero-order valence-electron chi connectivity index (χ0n) is 24.4. The number of unbranched alkanes of at least 4 members (excludes halogenated alkanes) is 5. The third-order valence-corrected chi connectivity index (χ3v) is 7.33. The van der Waals surface area contributed by atoms with E-state index < -0.39 is 50.0 Å². The molecule has 0 bridgehead atoms. The lowest BCUT2D eigenvalue weighted by Crippen LogP contribution is -2.59. The first-order valence-electron chi connectivity index (χ1n) is 14.9. The van der Waals surface area contributed by atoms with Gasteiger partial charge < -0.3 is 45.1 Å². The Morgan fingerprint density at radius 1 is 0.837 bits per heavy atom. The monoisotopic (exact) mass is 603 g/mol. The number of nitrogens with one attached hydrogen (secondary N) is 1. The number of hydrogen-bond donors (Lipinski definition) is 6. The molecule has 1 amide bonds. The molecule has 2 aromatic rings. The standard InChI is InChI=1S/C32H45NO10/c34-18-25(21-42-32-31(40)30(39)29(38)26(19-35)43-32)33-27(36)15-8-3-1-2-4-9-16-41-20-22-11-10-14-24(17-22)28(37)23-12-6-5-7-13-23/h5-7,10-14,17,25-26,29-32,34-35,38-40H,1-4,8-9,15-16,18-21H2,(H,33,36). The summed E-state index contributed by atoms with van der Waals surface area (Å²) in [4.78, 5) is 24.9. The average molecular weight is 604 g/mol. The highest BCUT2D eigenvalue weighted by Gasteiger charge is 2.44. The molecule has 11 heteroatoms. The van der Waals surface area contributed by atoms with E-state index in [4.69, 9.17) is 14.2 Å². The lowest BCUT2D eigenvalue weighted by atomic mass is 9.99. The highest BCUT2D eigenvalue weighted by Crippen LogP contribution is 2.22. The molecule has 0 aromatic heterocycles. The number of hydrogen-bond acceptors (Lipinski definition) is 10. The maximum atomic E-state index is 12.6. The summed E-state index contributed by atoms with van der Waals surface area (Å²) in [5.74, 6) is -0.242. The third-order valence-electron chi connectivity index (χ3n) is 7.33. The van der Waals surface area contributed by atoms with E-state index in [0.29, 0.717) is 37.2 Å². The van der Waals surface area contributed by atoms with Gasteiger partial charge in [0.25, 0.3) is 0 Å².